The number of nitrogens with one attached hydrogen (secondary N) is 1. The molecular weight excluding hydrogens is 200 g/mol. The summed E-state index contributed by atoms with van der Waals surface area (Å²) in [6.07, 6.45) is 4.04. The molecule has 3 heteroatoms. The lowest BCUT2D eigenvalue weighted by atomic mass is 9.88. The molecule has 0 spiro atoms. The molecule has 0 amide bonds. The smallest absolute Gasteiger partial charge is 0.211 e. The van der Waals surface area contributed by atoms with E-state index in [9.17, 15) is 0 Å². The number of hydrogen-bond donors (Lipinski definition) is 1. The molecule has 0 aliphatic heterocycles. The van der Waals surface area contributed by atoms with Crippen LogP contribution in [0.1, 0.15) is 65.2 Å². The van der Waals surface area contributed by atoms with Gasteiger partial charge in [-0.05, 0) is 26.3 Å². The molecule has 1 atom stereocenters. The average molecular weight is 224 g/mol. The van der Waals surface area contributed by atoms with Crippen LogP contribution in [0.25, 0.3) is 0 Å². The van der Waals surface area contributed by atoms with E-state index in [0.717, 1.165) is 31.0 Å². The molecule has 0 saturated heterocycles. The summed E-state index contributed by atoms with van der Waals surface area (Å²) in [5, 5.41) is 3.38. The van der Waals surface area contributed by atoms with Crippen LogP contribution < -0.4 is 5.32 Å². The van der Waals surface area contributed by atoms with Crippen LogP contribution in [0.2, 0.25) is 0 Å². The normalized spacial score (nSPS) is 14.1. The van der Waals surface area contributed by atoms with Crippen molar-refractivity contribution in [2.45, 2.75) is 58.9 Å². The molecule has 0 saturated carbocycles. The number of oxazole rings is 1. The van der Waals surface area contributed by atoms with E-state index in [1.54, 1.807) is 0 Å². The summed E-state index contributed by atoms with van der Waals surface area (Å²) in [6, 6.07) is 0.196. The van der Waals surface area contributed by atoms with E-state index < -0.39 is 0 Å². The van der Waals surface area contributed by atoms with Crippen LogP contribution in [0, 0.1) is 0 Å². The first kappa shape index (κ1) is 13.2. The largest absolute Gasteiger partial charge is 0.443 e. The van der Waals surface area contributed by atoms with Crippen LogP contribution >= 0.6 is 0 Å². The van der Waals surface area contributed by atoms with E-state index in [1.165, 1.54) is 0 Å². The summed E-state index contributed by atoms with van der Waals surface area (Å²) in [6.45, 7) is 11.8. The van der Waals surface area contributed by atoms with Crippen molar-refractivity contribution in [3.63, 3.8) is 0 Å². The summed E-state index contributed by atoms with van der Waals surface area (Å²) in [7, 11) is 0. The first-order valence-corrected chi connectivity index (χ1v) is 6.20. The second kappa shape index (κ2) is 5.48. The standard InChI is InChI=1S/C13H24N2O/c1-6-8-14-10(3)12-15-9-11(16-12)13(4,5)7-2/h9-10,14H,6-8H2,1-5H3. The van der Waals surface area contributed by atoms with Crippen LogP contribution in [0.4, 0.5) is 0 Å². The molecule has 3 nitrogen and oxygen atoms in total. The highest BCUT2D eigenvalue weighted by Gasteiger charge is 2.24. The zero-order valence-corrected chi connectivity index (χ0v) is 11.1. The number of nitrogens with zero attached hydrogens (tertiary/aromatic N) is 1. The summed E-state index contributed by atoms with van der Waals surface area (Å²) in [4.78, 5) is 4.35. The zero-order chi connectivity index (χ0) is 12.2. The second-order valence-corrected chi connectivity index (χ2v) is 4.98. The Bertz CT molecular complexity index is 317. The lowest BCUT2D eigenvalue weighted by molar-refractivity contribution is 0.333. The Hall–Kier alpha value is -0.830. The van der Waals surface area contributed by atoms with Gasteiger partial charge in [0.15, 0.2) is 0 Å². The van der Waals surface area contributed by atoms with Crippen molar-refractivity contribution >= 4 is 0 Å². The van der Waals surface area contributed by atoms with Gasteiger partial charge >= 0.3 is 0 Å². The quantitative estimate of drug-likeness (QED) is 0.804. The summed E-state index contributed by atoms with van der Waals surface area (Å²) >= 11 is 0. The Kier molecular flexibility index (Phi) is 4.54. The van der Waals surface area contributed by atoms with Crippen LogP contribution in [0.5, 0.6) is 0 Å². The van der Waals surface area contributed by atoms with Crippen molar-refractivity contribution < 1.29 is 4.42 Å². The lowest BCUT2D eigenvalue weighted by Gasteiger charge is -2.18. The Morgan fingerprint density at radius 2 is 2.12 bits per heavy atom. The highest BCUT2D eigenvalue weighted by Crippen LogP contribution is 2.28. The van der Waals surface area contributed by atoms with Crippen LogP contribution in [0.15, 0.2) is 10.6 Å². The number of hydrogen-bond acceptors (Lipinski definition) is 3. The molecule has 0 fully saturated rings. The van der Waals surface area contributed by atoms with Crippen molar-refractivity contribution in [2.75, 3.05) is 6.54 Å². The molecule has 0 aliphatic carbocycles. The third kappa shape index (κ3) is 3.08. The van der Waals surface area contributed by atoms with E-state index in [-0.39, 0.29) is 11.5 Å². The van der Waals surface area contributed by atoms with Gasteiger partial charge in [-0.2, -0.15) is 0 Å². The molecule has 1 aromatic rings. The molecule has 1 heterocycles. The zero-order valence-electron chi connectivity index (χ0n) is 11.1. The number of rotatable bonds is 6. The highest BCUT2D eigenvalue weighted by molar-refractivity contribution is 5.08. The maximum atomic E-state index is 5.82. The van der Waals surface area contributed by atoms with E-state index in [0.29, 0.717) is 0 Å². The van der Waals surface area contributed by atoms with Crippen molar-refractivity contribution in [1.29, 1.82) is 0 Å². The van der Waals surface area contributed by atoms with Crippen LogP contribution in [-0.4, -0.2) is 11.5 Å². The lowest BCUT2D eigenvalue weighted by Crippen LogP contribution is -2.19. The Balaban J connectivity index is 2.71. The third-order valence-electron chi connectivity index (χ3n) is 3.15. The molecule has 0 aliphatic rings. The fraction of sp³-hybridized carbons (Fsp3) is 0.769. The van der Waals surface area contributed by atoms with Crippen molar-refractivity contribution in [2.24, 2.45) is 0 Å². The molecule has 1 unspecified atom stereocenters. The van der Waals surface area contributed by atoms with Crippen LogP contribution in [0.3, 0.4) is 0 Å². The maximum absolute atomic E-state index is 5.82. The average Bonchev–Trinajstić information content (AvgIpc) is 2.75. The van der Waals surface area contributed by atoms with Crippen molar-refractivity contribution in [1.82, 2.24) is 10.3 Å². The predicted molar refractivity (Wildman–Crippen MR) is 66.5 cm³/mol. The number of aromatic nitrogens is 1. The van der Waals surface area contributed by atoms with Gasteiger partial charge in [0.05, 0.1) is 12.2 Å². The Labute approximate surface area is 98.6 Å². The Morgan fingerprint density at radius 3 is 2.69 bits per heavy atom. The SMILES string of the molecule is CCCNC(C)c1ncc(C(C)(C)CC)o1. The van der Waals surface area contributed by atoms with Gasteiger partial charge < -0.3 is 9.73 Å². The monoisotopic (exact) mass is 224 g/mol. The summed E-state index contributed by atoms with van der Waals surface area (Å²) in [5.74, 6) is 1.78. The maximum Gasteiger partial charge on any atom is 0.211 e. The van der Waals surface area contributed by atoms with E-state index in [1.807, 2.05) is 6.20 Å². The van der Waals surface area contributed by atoms with Gasteiger partial charge in [0.1, 0.15) is 5.76 Å². The highest BCUT2D eigenvalue weighted by atomic mass is 16.4. The van der Waals surface area contributed by atoms with Gasteiger partial charge in [-0.25, -0.2) is 4.98 Å². The third-order valence-corrected chi connectivity index (χ3v) is 3.15. The fourth-order valence-corrected chi connectivity index (χ4v) is 1.42. The topological polar surface area (TPSA) is 38.1 Å². The minimum Gasteiger partial charge on any atom is -0.443 e. The van der Waals surface area contributed by atoms with Crippen LogP contribution in [-0.2, 0) is 5.41 Å². The van der Waals surface area contributed by atoms with Gasteiger partial charge in [-0.3, -0.25) is 0 Å². The second-order valence-electron chi connectivity index (χ2n) is 4.98. The molecule has 0 radical (unpaired) electrons. The molecule has 1 rings (SSSR count). The van der Waals surface area contributed by atoms with E-state index >= 15 is 0 Å². The molecular formula is C13H24N2O. The minimum absolute atomic E-state index is 0.0791. The fourth-order valence-electron chi connectivity index (χ4n) is 1.42. The van der Waals surface area contributed by atoms with Gasteiger partial charge in [-0.1, -0.05) is 27.7 Å². The van der Waals surface area contributed by atoms with Crippen molar-refractivity contribution in [3.8, 4) is 0 Å². The first-order chi connectivity index (χ1) is 7.51. The molecule has 0 bridgehead atoms. The summed E-state index contributed by atoms with van der Waals surface area (Å²) < 4.78 is 5.82. The summed E-state index contributed by atoms with van der Waals surface area (Å²) in [5.41, 5.74) is 0.0791. The van der Waals surface area contributed by atoms with Gasteiger partial charge in [0.25, 0.3) is 0 Å². The minimum atomic E-state index is 0.0791. The Morgan fingerprint density at radius 1 is 1.44 bits per heavy atom. The van der Waals surface area contributed by atoms with E-state index in [2.05, 4.69) is 44.9 Å². The van der Waals surface area contributed by atoms with Gasteiger partial charge in [0.2, 0.25) is 5.89 Å². The van der Waals surface area contributed by atoms with Gasteiger partial charge in [0, 0.05) is 5.41 Å². The molecule has 1 aromatic heterocycles. The molecule has 92 valence electrons. The van der Waals surface area contributed by atoms with Gasteiger partial charge in [-0.15, -0.1) is 0 Å². The van der Waals surface area contributed by atoms with E-state index in [4.69, 9.17) is 4.42 Å². The first-order valence-electron chi connectivity index (χ1n) is 6.20. The molecule has 1 N–H and O–H groups in total. The molecule has 0 aromatic carbocycles. The predicted octanol–water partition coefficient (Wildman–Crippen LogP) is 3.42. The van der Waals surface area contributed by atoms with Crippen molar-refractivity contribution in [3.05, 3.63) is 17.8 Å². The molecule has 16 heavy (non-hydrogen) atoms.